The standard InChI is InChI=1S/C23H31N3O5S/c1-4-26(5-2)32(28,29)20-9-10-22(25-11-13-30-14-12-25)21(16-20)24-17-18-7-8-19(31-6-3)15-23(18)27/h7-10,15-17,27H,4-6,11-14H2,1-3H3. The molecule has 9 heteroatoms. The molecule has 0 aliphatic carbocycles. The third kappa shape index (κ3) is 5.40. The van der Waals surface area contributed by atoms with Crippen molar-refractivity contribution in [3.05, 3.63) is 42.0 Å². The van der Waals surface area contributed by atoms with Crippen LogP contribution in [0, 0.1) is 0 Å². The number of phenolic OH excluding ortho intramolecular Hbond substituents is 1. The fourth-order valence-electron chi connectivity index (χ4n) is 3.58. The Morgan fingerprint density at radius 3 is 2.47 bits per heavy atom. The van der Waals surface area contributed by atoms with E-state index in [1.54, 1.807) is 30.3 Å². The second kappa shape index (κ2) is 10.8. The molecular weight excluding hydrogens is 430 g/mol. The van der Waals surface area contributed by atoms with Crippen LogP contribution in [0.2, 0.25) is 0 Å². The Kier molecular flexibility index (Phi) is 8.11. The van der Waals surface area contributed by atoms with Gasteiger partial charge in [0.2, 0.25) is 10.0 Å². The van der Waals surface area contributed by atoms with Crippen molar-refractivity contribution >= 4 is 27.6 Å². The number of sulfonamides is 1. The van der Waals surface area contributed by atoms with E-state index in [0.717, 1.165) is 5.69 Å². The van der Waals surface area contributed by atoms with E-state index in [1.165, 1.54) is 16.6 Å². The zero-order chi connectivity index (χ0) is 23.1. The molecule has 0 amide bonds. The summed E-state index contributed by atoms with van der Waals surface area (Å²) in [5.74, 6) is 0.614. The quantitative estimate of drug-likeness (QED) is 0.576. The van der Waals surface area contributed by atoms with E-state index in [1.807, 2.05) is 20.8 Å². The predicted octanol–water partition coefficient (Wildman–Crippen LogP) is 3.41. The fourth-order valence-corrected chi connectivity index (χ4v) is 5.06. The molecule has 1 fully saturated rings. The number of hydrogen-bond donors (Lipinski definition) is 1. The van der Waals surface area contributed by atoms with Crippen LogP contribution in [0.5, 0.6) is 11.5 Å². The number of hydrogen-bond acceptors (Lipinski definition) is 7. The zero-order valence-corrected chi connectivity index (χ0v) is 19.6. The van der Waals surface area contributed by atoms with E-state index in [0.29, 0.717) is 63.0 Å². The van der Waals surface area contributed by atoms with Gasteiger partial charge in [-0.2, -0.15) is 4.31 Å². The van der Waals surface area contributed by atoms with E-state index in [-0.39, 0.29) is 10.6 Å². The molecule has 0 bridgehead atoms. The second-order valence-electron chi connectivity index (χ2n) is 7.25. The van der Waals surface area contributed by atoms with E-state index >= 15 is 0 Å². The van der Waals surface area contributed by atoms with Crippen molar-refractivity contribution in [1.29, 1.82) is 0 Å². The number of anilines is 1. The summed E-state index contributed by atoms with van der Waals surface area (Å²) in [4.78, 5) is 6.90. The van der Waals surface area contributed by atoms with Gasteiger partial charge in [0.1, 0.15) is 11.5 Å². The number of ether oxygens (including phenoxy) is 2. The Hall–Kier alpha value is -2.62. The van der Waals surface area contributed by atoms with E-state index in [2.05, 4.69) is 9.89 Å². The molecule has 0 unspecified atom stereocenters. The van der Waals surface area contributed by atoms with Gasteiger partial charge < -0.3 is 19.5 Å². The minimum absolute atomic E-state index is 0.0412. The van der Waals surface area contributed by atoms with Gasteiger partial charge in [-0.3, -0.25) is 4.99 Å². The van der Waals surface area contributed by atoms with Gasteiger partial charge in [-0.05, 0) is 37.3 Å². The number of morpholine rings is 1. The first-order chi connectivity index (χ1) is 15.4. The van der Waals surface area contributed by atoms with Gasteiger partial charge in [-0.15, -0.1) is 0 Å². The molecule has 2 aromatic carbocycles. The number of phenols is 1. The van der Waals surface area contributed by atoms with Gasteiger partial charge in [0.15, 0.2) is 0 Å². The van der Waals surface area contributed by atoms with Crippen LogP contribution >= 0.6 is 0 Å². The summed E-state index contributed by atoms with van der Waals surface area (Å²) in [7, 11) is -3.62. The van der Waals surface area contributed by atoms with Gasteiger partial charge in [0.25, 0.3) is 0 Å². The Morgan fingerprint density at radius 2 is 1.84 bits per heavy atom. The molecule has 3 rings (SSSR count). The number of nitrogens with zero attached hydrogens (tertiary/aromatic N) is 3. The van der Waals surface area contributed by atoms with Crippen molar-refractivity contribution in [1.82, 2.24) is 4.31 Å². The number of aromatic hydroxyl groups is 1. The molecule has 0 spiro atoms. The summed E-state index contributed by atoms with van der Waals surface area (Å²) in [6.45, 7) is 9.38. The lowest BCUT2D eigenvalue weighted by Crippen LogP contribution is -2.36. The van der Waals surface area contributed by atoms with Gasteiger partial charge in [0.05, 0.1) is 36.1 Å². The number of aliphatic imine (C=N–C) groups is 1. The third-order valence-electron chi connectivity index (χ3n) is 5.30. The molecule has 1 N–H and O–H groups in total. The maximum absolute atomic E-state index is 13.0. The lowest BCUT2D eigenvalue weighted by Gasteiger charge is -2.30. The number of benzene rings is 2. The topological polar surface area (TPSA) is 91.7 Å². The van der Waals surface area contributed by atoms with Crippen molar-refractivity contribution in [2.75, 3.05) is 50.9 Å². The first-order valence-electron chi connectivity index (χ1n) is 10.9. The van der Waals surface area contributed by atoms with Crippen LogP contribution in [-0.2, 0) is 14.8 Å². The maximum atomic E-state index is 13.0. The van der Waals surface area contributed by atoms with Crippen LogP contribution < -0.4 is 9.64 Å². The van der Waals surface area contributed by atoms with Crippen molar-refractivity contribution < 1.29 is 23.0 Å². The van der Waals surface area contributed by atoms with Gasteiger partial charge >= 0.3 is 0 Å². The van der Waals surface area contributed by atoms with E-state index < -0.39 is 10.0 Å². The summed E-state index contributed by atoms with van der Waals surface area (Å²) in [5, 5.41) is 10.3. The largest absolute Gasteiger partial charge is 0.507 e. The molecule has 1 heterocycles. The molecule has 0 aromatic heterocycles. The van der Waals surface area contributed by atoms with Gasteiger partial charge in [-0.1, -0.05) is 13.8 Å². The molecule has 0 saturated carbocycles. The van der Waals surface area contributed by atoms with Gasteiger partial charge in [0, 0.05) is 44.0 Å². The highest BCUT2D eigenvalue weighted by Gasteiger charge is 2.24. The Labute approximate surface area is 190 Å². The van der Waals surface area contributed by atoms with Crippen molar-refractivity contribution in [3.8, 4) is 11.5 Å². The Balaban J connectivity index is 2.01. The molecule has 1 saturated heterocycles. The smallest absolute Gasteiger partial charge is 0.243 e. The van der Waals surface area contributed by atoms with Crippen molar-refractivity contribution in [2.45, 2.75) is 25.7 Å². The van der Waals surface area contributed by atoms with Crippen molar-refractivity contribution in [3.63, 3.8) is 0 Å². The molecule has 1 aliphatic heterocycles. The fraction of sp³-hybridized carbons (Fsp3) is 0.435. The predicted molar refractivity (Wildman–Crippen MR) is 126 cm³/mol. The second-order valence-corrected chi connectivity index (χ2v) is 9.19. The molecule has 0 atom stereocenters. The molecule has 8 nitrogen and oxygen atoms in total. The SMILES string of the molecule is CCOc1ccc(C=Nc2cc(S(=O)(=O)N(CC)CC)ccc2N2CCOCC2)c(O)c1. The lowest BCUT2D eigenvalue weighted by atomic mass is 10.2. The Bertz CT molecular complexity index is 1050. The van der Waals surface area contributed by atoms with Crippen LogP contribution in [0.15, 0.2) is 46.3 Å². The highest BCUT2D eigenvalue weighted by molar-refractivity contribution is 7.89. The van der Waals surface area contributed by atoms with Crippen LogP contribution in [-0.4, -0.2) is 70.0 Å². The highest BCUT2D eigenvalue weighted by atomic mass is 32.2. The first kappa shape index (κ1) is 24.0. The third-order valence-corrected chi connectivity index (χ3v) is 7.34. The zero-order valence-electron chi connectivity index (χ0n) is 18.8. The normalized spacial score (nSPS) is 14.9. The average Bonchev–Trinajstić information content (AvgIpc) is 2.80. The molecular formula is C23H31N3O5S. The minimum Gasteiger partial charge on any atom is -0.507 e. The summed E-state index contributed by atoms with van der Waals surface area (Å²) < 4.78 is 38.4. The summed E-state index contributed by atoms with van der Waals surface area (Å²) >= 11 is 0. The van der Waals surface area contributed by atoms with Crippen LogP contribution in [0.1, 0.15) is 26.3 Å². The van der Waals surface area contributed by atoms with Crippen molar-refractivity contribution in [2.24, 2.45) is 4.99 Å². The Morgan fingerprint density at radius 1 is 1.12 bits per heavy atom. The molecule has 1 aliphatic rings. The monoisotopic (exact) mass is 461 g/mol. The maximum Gasteiger partial charge on any atom is 0.243 e. The van der Waals surface area contributed by atoms with Crippen LogP contribution in [0.3, 0.4) is 0 Å². The summed E-state index contributed by atoms with van der Waals surface area (Å²) in [6.07, 6.45) is 1.54. The number of rotatable bonds is 9. The lowest BCUT2D eigenvalue weighted by molar-refractivity contribution is 0.123. The molecule has 174 valence electrons. The summed E-state index contributed by atoms with van der Waals surface area (Å²) in [6, 6.07) is 10.0. The van der Waals surface area contributed by atoms with E-state index in [4.69, 9.17) is 9.47 Å². The minimum atomic E-state index is -3.62. The summed E-state index contributed by atoms with van der Waals surface area (Å²) in [5.41, 5.74) is 1.86. The molecule has 32 heavy (non-hydrogen) atoms. The highest BCUT2D eigenvalue weighted by Crippen LogP contribution is 2.33. The molecule has 0 radical (unpaired) electrons. The van der Waals surface area contributed by atoms with E-state index in [9.17, 15) is 13.5 Å². The van der Waals surface area contributed by atoms with Crippen LogP contribution in [0.25, 0.3) is 0 Å². The van der Waals surface area contributed by atoms with Crippen LogP contribution in [0.4, 0.5) is 11.4 Å². The average molecular weight is 462 g/mol. The first-order valence-corrected chi connectivity index (χ1v) is 12.3. The van der Waals surface area contributed by atoms with Gasteiger partial charge in [-0.25, -0.2) is 8.42 Å². The molecule has 2 aromatic rings.